The molecule has 1 aliphatic carbocycles. The highest BCUT2D eigenvalue weighted by atomic mass is 35.5. The first-order valence-electron chi connectivity index (χ1n) is 3.79. The Morgan fingerprint density at radius 1 is 1.58 bits per heavy atom. The first-order valence-corrected chi connectivity index (χ1v) is 4.17. The highest BCUT2D eigenvalue weighted by Crippen LogP contribution is 2.31. The Hall–Kier alpha value is -0.760. The lowest BCUT2D eigenvalue weighted by Crippen LogP contribution is -1.96. The summed E-state index contributed by atoms with van der Waals surface area (Å²) in [6.07, 6.45) is 2.41. The van der Waals surface area contributed by atoms with Gasteiger partial charge in [-0.3, -0.25) is 0 Å². The molecule has 1 radical (unpaired) electrons. The van der Waals surface area contributed by atoms with Gasteiger partial charge in [0.05, 0.1) is 11.1 Å². The summed E-state index contributed by atoms with van der Waals surface area (Å²) in [5.74, 6) is 0.0729. The van der Waals surface area contributed by atoms with Crippen molar-refractivity contribution in [1.29, 1.82) is 0 Å². The molecule has 0 saturated heterocycles. The molecular formula is C9H7ClFO. The fourth-order valence-electron chi connectivity index (χ4n) is 0.883. The molecule has 1 aromatic rings. The lowest BCUT2D eigenvalue weighted by atomic mass is 10.3. The van der Waals surface area contributed by atoms with Crippen molar-refractivity contribution in [3.63, 3.8) is 0 Å². The molecule has 1 aliphatic rings. The standard InChI is InChI=1S/C9H7ClFO/c10-8-5-6(11)1-4-9(8)12-7-2-3-7/h4-5,7H,2-3H2. The monoisotopic (exact) mass is 185 g/mol. The molecule has 1 saturated carbocycles. The van der Waals surface area contributed by atoms with Gasteiger partial charge >= 0.3 is 0 Å². The van der Waals surface area contributed by atoms with E-state index in [0.29, 0.717) is 10.8 Å². The maximum atomic E-state index is 12.5. The Kier molecular flexibility index (Phi) is 1.93. The number of rotatable bonds is 2. The minimum absolute atomic E-state index is 0.279. The zero-order valence-electron chi connectivity index (χ0n) is 6.31. The molecule has 2 rings (SSSR count). The van der Waals surface area contributed by atoms with E-state index >= 15 is 0 Å². The normalized spacial score (nSPS) is 16.2. The lowest BCUT2D eigenvalue weighted by Gasteiger charge is -2.05. The van der Waals surface area contributed by atoms with E-state index in [1.54, 1.807) is 0 Å². The van der Waals surface area contributed by atoms with Gasteiger partial charge in [0.15, 0.2) is 0 Å². The van der Waals surface area contributed by atoms with Gasteiger partial charge in [0.1, 0.15) is 11.6 Å². The van der Waals surface area contributed by atoms with Crippen LogP contribution in [0.25, 0.3) is 0 Å². The average molecular weight is 186 g/mol. The first-order chi connectivity index (χ1) is 5.75. The molecule has 0 spiro atoms. The van der Waals surface area contributed by atoms with Gasteiger partial charge in [-0.15, -0.1) is 0 Å². The molecule has 0 amide bonds. The second-order valence-corrected chi connectivity index (χ2v) is 3.22. The van der Waals surface area contributed by atoms with Crippen LogP contribution in [-0.4, -0.2) is 6.10 Å². The van der Waals surface area contributed by atoms with Crippen LogP contribution in [0.4, 0.5) is 4.39 Å². The Bertz CT molecular complexity index is 297. The maximum Gasteiger partial charge on any atom is 0.139 e. The minimum atomic E-state index is -0.455. The molecule has 12 heavy (non-hydrogen) atoms. The van der Waals surface area contributed by atoms with Crippen molar-refractivity contribution < 1.29 is 9.13 Å². The largest absolute Gasteiger partial charge is 0.489 e. The average Bonchev–Trinajstić information content (AvgIpc) is 2.79. The van der Waals surface area contributed by atoms with E-state index in [1.165, 1.54) is 12.1 Å². The molecule has 0 aromatic heterocycles. The van der Waals surface area contributed by atoms with E-state index in [2.05, 4.69) is 6.07 Å². The lowest BCUT2D eigenvalue weighted by molar-refractivity contribution is 0.303. The van der Waals surface area contributed by atoms with Gasteiger partial charge < -0.3 is 4.74 Å². The topological polar surface area (TPSA) is 9.23 Å². The van der Waals surface area contributed by atoms with E-state index in [-0.39, 0.29) is 6.10 Å². The van der Waals surface area contributed by atoms with Crippen LogP contribution in [0.1, 0.15) is 12.8 Å². The third-order valence-corrected chi connectivity index (χ3v) is 1.94. The van der Waals surface area contributed by atoms with Crippen LogP contribution in [0, 0.1) is 11.9 Å². The Balaban J connectivity index is 2.18. The molecule has 0 unspecified atom stereocenters. The van der Waals surface area contributed by atoms with E-state index in [4.69, 9.17) is 16.3 Å². The number of hydrogen-bond acceptors (Lipinski definition) is 1. The summed E-state index contributed by atoms with van der Waals surface area (Å²) < 4.78 is 17.9. The van der Waals surface area contributed by atoms with Crippen LogP contribution in [0.2, 0.25) is 5.02 Å². The smallest absolute Gasteiger partial charge is 0.139 e. The molecule has 3 heteroatoms. The van der Waals surface area contributed by atoms with Crippen molar-refractivity contribution in [1.82, 2.24) is 0 Å². The second kappa shape index (κ2) is 2.94. The Morgan fingerprint density at radius 3 is 2.92 bits per heavy atom. The summed E-state index contributed by atoms with van der Waals surface area (Å²) >= 11 is 5.72. The quantitative estimate of drug-likeness (QED) is 0.689. The zero-order valence-corrected chi connectivity index (χ0v) is 7.07. The summed E-state index contributed by atoms with van der Waals surface area (Å²) in [6.45, 7) is 0. The molecule has 63 valence electrons. The predicted molar refractivity (Wildman–Crippen MR) is 43.9 cm³/mol. The molecule has 1 aromatic carbocycles. The van der Waals surface area contributed by atoms with Gasteiger partial charge in [0.2, 0.25) is 0 Å². The minimum Gasteiger partial charge on any atom is -0.489 e. The van der Waals surface area contributed by atoms with Crippen LogP contribution in [0.3, 0.4) is 0 Å². The molecule has 0 aliphatic heterocycles. The summed E-state index contributed by atoms with van der Waals surface area (Å²) in [4.78, 5) is 0. The Labute approximate surface area is 75.1 Å². The number of ether oxygens (including phenoxy) is 1. The first kappa shape index (κ1) is 7.87. The van der Waals surface area contributed by atoms with Crippen LogP contribution in [0.15, 0.2) is 12.1 Å². The van der Waals surface area contributed by atoms with Gasteiger partial charge in [-0.2, -0.15) is 0 Å². The molecule has 0 N–H and O–H groups in total. The van der Waals surface area contributed by atoms with Gasteiger partial charge in [0.25, 0.3) is 0 Å². The summed E-state index contributed by atoms with van der Waals surface area (Å²) in [5, 5.41) is 0.318. The van der Waals surface area contributed by atoms with E-state index in [1.807, 2.05) is 0 Å². The zero-order chi connectivity index (χ0) is 8.55. The van der Waals surface area contributed by atoms with Gasteiger partial charge in [-0.1, -0.05) is 11.6 Å². The molecule has 0 heterocycles. The van der Waals surface area contributed by atoms with Crippen molar-refractivity contribution in [3.8, 4) is 5.75 Å². The third-order valence-electron chi connectivity index (χ3n) is 1.65. The third kappa shape index (κ3) is 1.69. The fraction of sp³-hybridized carbons (Fsp3) is 0.333. The summed E-state index contributed by atoms with van der Waals surface area (Å²) in [7, 11) is 0. The van der Waals surface area contributed by atoms with Gasteiger partial charge in [0, 0.05) is 6.07 Å². The molecular weight excluding hydrogens is 179 g/mol. The number of hydrogen-bond donors (Lipinski definition) is 0. The van der Waals surface area contributed by atoms with Crippen molar-refractivity contribution in [2.45, 2.75) is 18.9 Å². The summed E-state index contributed by atoms with van der Waals surface area (Å²) in [5.41, 5.74) is 0. The maximum absolute atomic E-state index is 12.5. The van der Waals surface area contributed by atoms with Crippen LogP contribution < -0.4 is 4.74 Å². The predicted octanol–water partition coefficient (Wildman–Crippen LogP) is 2.82. The van der Waals surface area contributed by atoms with Crippen LogP contribution in [-0.2, 0) is 0 Å². The van der Waals surface area contributed by atoms with Crippen molar-refractivity contribution in [2.75, 3.05) is 0 Å². The van der Waals surface area contributed by atoms with Crippen molar-refractivity contribution >= 4 is 11.6 Å². The fourth-order valence-corrected chi connectivity index (χ4v) is 1.08. The van der Waals surface area contributed by atoms with Crippen LogP contribution in [0.5, 0.6) is 5.75 Å². The van der Waals surface area contributed by atoms with Crippen LogP contribution >= 0.6 is 11.6 Å². The molecule has 0 atom stereocenters. The summed E-state index contributed by atoms with van der Waals surface area (Å²) in [6, 6.07) is 5.05. The van der Waals surface area contributed by atoms with E-state index in [9.17, 15) is 4.39 Å². The Morgan fingerprint density at radius 2 is 2.33 bits per heavy atom. The van der Waals surface area contributed by atoms with Crippen molar-refractivity contribution in [3.05, 3.63) is 29.0 Å². The van der Waals surface area contributed by atoms with E-state index in [0.717, 1.165) is 12.8 Å². The second-order valence-electron chi connectivity index (χ2n) is 2.81. The molecule has 1 fully saturated rings. The SMILES string of the molecule is Fc1[c]cc(OC2CC2)c(Cl)c1. The number of halogens is 2. The highest BCUT2D eigenvalue weighted by Gasteiger charge is 2.24. The van der Waals surface area contributed by atoms with Gasteiger partial charge in [-0.05, 0) is 25.0 Å². The number of benzene rings is 1. The molecule has 0 bridgehead atoms. The van der Waals surface area contributed by atoms with E-state index < -0.39 is 5.82 Å². The highest BCUT2D eigenvalue weighted by molar-refractivity contribution is 6.32. The molecule has 1 nitrogen and oxygen atoms in total. The van der Waals surface area contributed by atoms with Gasteiger partial charge in [-0.25, -0.2) is 4.39 Å². The van der Waals surface area contributed by atoms with Crippen molar-refractivity contribution in [2.24, 2.45) is 0 Å².